The Morgan fingerprint density at radius 1 is 1.25 bits per heavy atom. The zero-order valence-electron chi connectivity index (χ0n) is 14.7. The highest BCUT2D eigenvalue weighted by molar-refractivity contribution is 5.86. The molecule has 0 spiro atoms. The predicted octanol–water partition coefficient (Wildman–Crippen LogP) is 2.89. The van der Waals surface area contributed by atoms with Crippen molar-refractivity contribution in [2.24, 2.45) is 0 Å². The first kappa shape index (κ1) is 19.7. The maximum Gasteiger partial charge on any atom is 0.573 e. The number of amides is 1. The summed E-state index contributed by atoms with van der Waals surface area (Å²) < 4.78 is 42.4. The number of carboxylic acid groups (broad SMARTS) is 1. The molecule has 1 saturated heterocycles. The van der Waals surface area contributed by atoms with Gasteiger partial charge in [0.2, 0.25) is 5.91 Å². The van der Waals surface area contributed by atoms with E-state index in [0.717, 1.165) is 0 Å². The molecule has 0 radical (unpaired) electrons. The van der Waals surface area contributed by atoms with Gasteiger partial charge in [-0.15, -0.1) is 13.2 Å². The number of likely N-dealkylation sites (tertiary alicyclic amines) is 1. The van der Waals surface area contributed by atoms with Crippen molar-refractivity contribution < 1.29 is 32.6 Å². The fraction of sp³-hybridized carbons (Fsp3) is 0.389. The molecule has 1 amide bonds. The van der Waals surface area contributed by atoms with Crippen molar-refractivity contribution in [2.75, 3.05) is 13.1 Å². The van der Waals surface area contributed by atoms with Gasteiger partial charge in [-0.25, -0.2) is 4.79 Å². The molecular formula is C18H18F3N3O4. The van der Waals surface area contributed by atoms with Gasteiger partial charge >= 0.3 is 12.3 Å². The molecule has 2 aromatic rings. The lowest BCUT2D eigenvalue weighted by molar-refractivity contribution is -0.274. The Labute approximate surface area is 158 Å². The van der Waals surface area contributed by atoms with Crippen LogP contribution in [0.2, 0.25) is 0 Å². The zero-order chi connectivity index (χ0) is 20.3. The second kappa shape index (κ2) is 7.91. The Hall–Kier alpha value is -3.04. The van der Waals surface area contributed by atoms with Gasteiger partial charge in [-0.2, -0.15) is 5.10 Å². The highest BCUT2D eigenvalue weighted by Crippen LogP contribution is 2.25. The van der Waals surface area contributed by atoms with Crippen molar-refractivity contribution in [3.05, 3.63) is 47.8 Å². The molecule has 7 nitrogen and oxygen atoms in total. The molecule has 1 fully saturated rings. The second-order valence-electron chi connectivity index (χ2n) is 6.50. The first-order valence-corrected chi connectivity index (χ1v) is 8.61. The number of aromatic nitrogens is 2. The van der Waals surface area contributed by atoms with Crippen LogP contribution in [0.25, 0.3) is 0 Å². The van der Waals surface area contributed by atoms with E-state index in [1.807, 2.05) is 0 Å². The minimum Gasteiger partial charge on any atom is -0.478 e. The Kier molecular flexibility index (Phi) is 5.57. The molecule has 0 bridgehead atoms. The summed E-state index contributed by atoms with van der Waals surface area (Å²) >= 11 is 0. The van der Waals surface area contributed by atoms with Crippen molar-refractivity contribution in [1.82, 2.24) is 14.7 Å². The number of carbonyl (C=O) groups is 2. The first-order chi connectivity index (χ1) is 13.2. The summed E-state index contributed by atoms with van der Waals surface area (Å²) in [5, 5.41) is 13.0. The van der Waals surface area contributed by atoms with Crippen LogP contribution in [0.1, 0.15) is 34.8 Å². The van der Waals surface area contributed by atoms with Crippen LogP contribution in [0.15, 0.2) is 36.7 Å². The minimum atomic E-state index is -4.78. The number of hydrogen-bond donors (Lipinski definition) is 1. The molecule has 1 aliphatic rings. The number of halogens is 3. The zero-order valence-corrected chi connectivity index (χ0v) is 14.7. The molecule has 10 heteroatoms. The number of carboxylic acids is 1. The topological polar surface area (TPSA) is 84.7 Å². The van der Waals surface area contributed by atoms with E-state index in [9.17, 15) is 22.8 Å². The number of rotatable bonds is 5. The van der Waals surface area contributed by atoms with Gasteiger partial charge in [-0.3, -0.25) is 9.48 Å². The lowest BCUT2D eigenvalue weighted by Gasteiger charge is -2.32. The van der Waals surface area contributed by atoms with Crippen molar-refractivity contribution in [1.29, 1.82) is 0 Å². The summed E-state index contributed by atoms with van der Waals surface area (Å²) in [5.74, 6) is -1.59. The molecule has 2 heterocycles. The molecule has 3 rings (SSSR count). The van der Waals surface area contributed by atoms with E-state index in [4.69, 9.17) is 5.11 Å². The first-order valence-electron chi connectivity index (χ1n) is 8.61. The van der Waals surface area contributed by atoms with Gasteiger partial charge in [-0.1, -0.05) is 12.1 Å². The average molecular weight is 397 g/mol. The molecule has 1 N–H and O–H groups in total. The Balaban J connectivity index is 1.55. The van der Waals surface area contributed by atoms with Crippen LogP contribution >= 0.6 is 0 Å². The van der Waals surface area contributed by atoms with Crippen LogP contribution in [0.4, 0.5) is 13.2 Å². The number of ether oxygens (including phenoxy) is 1. The summed E-state index contributed by atoms with van der Waals surface area (Å²) in [4.78, 5) is 25.0. The van der Waals surface area contributed by atoms with Gasteiger partial charge in [0.1, 0.15) is 5.75 Å². The van der Waals surface area contributed by atoms with Crippen molar-refractivity contribution in [2.45, 2.75) is 31.7 Å². The Bertz CT molecular complexity index is 858. The van der Waals surface area contributed by atoms with Crippen molar-refractivity contribution in [3.8, 4) is 5.75 Å². The van der Waals surface area contributed by atoms with E-state index >= 15 is 0 Å². The maximum atomic E-state index is 12.5. The van der Waals surface area contributed by atoms with Crippen LogP contribution in [-0.2, 0) is 11.2 Å². The summed E-state index contributed by atoms with van der Waals surface area (Å²) in [6.07, 6.45) is -0.817. The summed E-state index contributed by atoms with van der Waals surface area (Å²) in [6, 6.07) is 5.37. The molecule has 1 aromatic heterocycles. The van der Waals surface area contributed by atoms with E-state index in [1.54, 1.807) is 15.6 Å². The monoisotopic (exact) mass is 397 g/mol. The quantitative estimate of drug-likeness (QED) is 0.839. The number of benzene rings is 1. The summed E-state index contributed by atoms with van der Waals surface area (Å²) in [5.41, 5.74) is 0.548. The van der Waals surface area contributed by atoms with Gasteiger partial charge < -0.3 is 14.7 Å². The lowest BCUT2D eigenvalue weighted by Crippen LogP contribution is -2.40. The highest BCUT2D eigenvalue weighted by Gasteiger charge is 2.31. The van der Waals surface area contributed by atoms with Gasteiger partial charge in [-0.05, 0) is 30.5 Å². The number of piperidine rings is 1. The third-order valence-electron chi connectivity index (χ3n) is 4.53. The van der Waals surface area contributed by atoms with Gasteiger partial charge in [0.25, 0.3) is 0 Å². The minimum absolute atomic E-state index is 0.000614. The Morgan fingerprint density at radius 2 is 1.96 bits per heavy atom. The van der Waals surface area contributed by atoms with E-state index in [1.165, 1.54) is 30.6 Å². The van der Waals surface area contributed by atoms with Gasteiger partial charge in [0.05, 0.1) is 24.2 Å². The SMILES string of the molecule is O=C(O)c1cnn(C2CCN(C(=O)Cc3cccc(OC(F)(F)F)c3)CC2)c1. The summed E-state index contributed by atoms with van der Waals surface area (Å²) in [7, 11) is 0. The molecule has 0 saturated carbocycles. The number of alkyl halides is 3. The van der Waals surface area contributed by atoms with Crippen LogP contribution in [-0.4, -0.2) is 51.1 Å². The normalized spacial score (nSPS) is 15.5. The van der Waals surface area contributed by atoms with Gasteiger partial charge in [0, 0.05) is 19.3 Å². The van der Waals surface area contributed by atoms with Crippen LogP contribution < -0.4 is 4.74 Å². The van der Waals surface area contributed by atoms with E-state index < -0.39 is 12.3 Å². The van der Waals surface area contributed by atoms with Crippen molar-refractivity contribution >= 4 is 11.9 Å². The molecule has 1 aliphatic heterocycles. The third-order valence-corrected chi connectivity index (χ3v) is 4.53. The fourth-order valence-corrected chi connectivity index (χ4v) is 3.17. The standard InChI is InChI=1S/C18H18F3N3O4/c19-18(20,21)28-15-3-1-2-12(8-15)9-16(25)23-6-4-14(5-7-23)24-11-13(10-22-24)17(26)27/h1-3,8,10-11,14H,4-7,9H2,(H,26,27). The average Bonchev–Trinajstić information content (AvgIpc) is 3.11. The number of aromatic carboxylic acids is 1. The predicted molar refractivity (Wildman–Crippen MR) is 90.9 cm³/mol. The number of hydrogen-bond acceptors (Lipinski definition) is 4. The van der Waals surface area contributed by atoms with Crippen LogP contribution in [0.3, 0.4) is 0 Å². The second-order valence-corrected chi connectivity index (χ2v) is 6.50. The van der Waals surface area contributed by atoms with E-state index in [-0.39, 0.29) is 29.7 Å². The largest absolute Gasteiger partial charge is 0.573 e. The van der Waals surface area contributed by atoms with Crippen LogP contribution in [0.5, 0.6) is 5.75 Å². The van der Waals surface area contributed by atoms with Gasteiger partial charge in [0.15, 0.2) is 0 Å². The smallest absolute Gasteiger partial charge is 0.478 e. The highest BCUT2D eigenvalue weighted by atomic mass is 19.4. The number of carbonyl (C=O) groups excluding carboxylic acids is 1. The number of nitrogens with zero attached hydrogens (tertiary/aromatic N) is 3. The van der Waals surface area contributed by atoms with E-state index in [2.05, 4.69) is 9.84 Å². The molecule has 0 unspecified atom stereocenters. The lowest BCUT2D eigenvalue weighted by atomic mass is 10.0. The molecular weight excluding hydrogens is 379 g/mol. The molecule has 28 heavy (non-hydrogen) atoms. The summed E-state index contributed by atoms with van der Waals surface area (Å²) in [6.45, 7) is 0.926. The maximum absolute atomic E-state index is 12.5. The Morgan fingerprint density at radius 3 is 2.57 bits per heavy atom. The van der Waals surface area contributed by atoms with E-state index in [0.29, 0.717) is 31.5 Å². The molecule has 150 valence electrons. The molecule has 0 atom stereocenters. The molecule has 0 aliphatic carbocycles. The fourth-order valence-electron chi connectivity index (χ4n) is 3.17. The van der Waals surface area contributed by atoms with Crippen molar-refractivity contribution in [3.63, 3.8) is 0 Å². The third kappa shape index (κ3) is 5.02. The molecule has 1 aromatic carbocycles. The van der Waals surface area contributed by atoms with Crippen LogP contribution in [0, 0.1) is 0 Å².